The van der Waals surface area contributed by atoms with Crippen LogP contribution in [0.1, 0.15) is 108 Å². The van der Waals surface area contributed by atoms with Crippen LogP contribution < -0.4 is 5.32 Å². The van der Waals surface area contributed by atoms with E-state index in [2.05, 4.69) is 24.4 Å². The van der Waals surface area contributed by atoms with E-state index < -0.39 is 23.4 Å². The number of nitrogens with one attached hydrogen (secondary N) is 1. The van der Waals surface area contributed by atoms with Crippen molar-refractivity contribution in [2.75, 3.05) is 6.54 Å². The van der Waals surface area contributed by atoms with Gasteiger partial charge in [0.15, 0.2) is 0 Å². The first kappa shape index (κ1) is 39.4. The molecule has 0 aromatic heterocycles. The number of nitriles is 1. The number of carbonyl (C=O) groups excluding carboxylic acids is 1. The fourth-order valence-corrected chi connectivity index (χ4v) is 5.93. The second-order valence-electron chi connectivity index (χ2n) is 13.5. The summed E-state index contributed by atoms with van der Waals surface area (Å²) in [5, 5.41) is 11.8. The quantitative estimate of drug-likeness (QED) is 0.123. The Morgan fingerprint density at radius 2 is 1.80 bits per heavy atom. The summed E-state index contributed by atoms with van der Waals surface area (Å²) in [7, 11) is 1.17. The van der Waals surface area contributed by atoms with Crippen LogP contribution in [0.5, 0.6) is 0 Å². The average Bonchev–Trinajstić information content (AvgIpc) is 3.53. The molecule has 1 aliphatic heterocycles. The number of aliphatic imine (C=N–C) groups is 1. The van der Waals surface area contributed by atoms with Gasteiger partial charge in [-0.3, -0.25) is 0 Å². The minimum absolute atomic E-state index is 0.0325. The van der Waals surface area contributed by atoms with E-state index in [-0.39, 0.29) is 29.7 Å². The van der Waals surface area contributed by atoms with Gasteiger partial charge in [-0.2, -0.15) is 0 Å². The van der Waals surface area contributed by atoms with Gasteiger partial charge < -0.3 is 0 Å². The van der Waals surface area contributed by atoms with E-state index in [4.69, 9.17) is 19.6 Å². The Labute approximate surface area is 290 Å². The first-order chi connectivity index (χ1) is 23.2. The summed E-state index contributed by atoms with van der Waals surface area (Å²) in [6.07, 6.45) is 4.27. The molecule has 1 amide bonds. The summed E-state index contributed by atoms with van der Waals surface area (Å²) in [5.74, 6) is -0.0325. The van der Waals surface area contributed by atoms with Crippen LogP contribution in [0.3, 0.4) is 0 Å². The number of alkyl carbamates (subject to hydrolysis) is 1. The van der Waals surface area contributed by atoms with Crippen molar-refractivity contribution >= 4 is 30.3 Å². The Hall–Kier alpha value is -4.07. The Balaban J connectivity index is 1.94. The fraction of sp³-hybridized carbons (Fsp3) is 0.526. The monoisotopic (exact) mass is 678 g/mol. The van der Waals surface area contributed by atoms with Gasteiger partial charge in [0.2, 0.25) is 0 Å². The molecule has 2 aromatic carbocycles. The molecule has 2 unspecified atom stereocenters. The maximum absolute atomic E-state index is 14.5. The van der Waals surface area contributed by atoms with Gasteiger partial charge in [-0.15, -0.1) is 0 Å². The average molecular weight is 679 g/mol. The Morgan fingerprint density at radius 1 is 1.12 bits per heavy atom. The molecule has 0 aliphatic carbocycles. The number of benzene rings is 2. The molecule has 0 radical (unpaired) electrons. The number of ether oxygens (including phenoxy) is 1. The number of amides is 1. The molecule has 1 heterocycles. The molecule has 2 atom stereocenters. The summed E-state index contributed by atoms with van der Waals surface area (Å²) in [5.41, 5.74) is 2.90. The normalized spacial score (nSPS) is 16.6. The van der Waals surface area contributed by atoms with Gasteiger partial charge in [0, 0.05) is 0 Å². The predicted molar refractivity (Wildman–Crippen MR) is 191 cm³/mol. The molecule has 264 valence electrons. The van der Waals surface area contributed by atoms with Crippen molar-refractivity contribution in [3.8, 4) is 6.26 Å². The van der Waals surface area contributed by atoms with Gasteiger partial charge in [-0.05, 0) is 24.0 Å². The van der Waals surface area contributed by atoms with E-state index >= 15 is 0 Å². The topological polar surface area (TPSA) is 87.0 Å². The molecule has 0 spiro atoms. The van der Waals surface area contributed by atoms with E-state index in [1.54, 1.807) is 52.2 Å². The summed E-state index contributed by atoms with van der Waals surface area (Å²) >= 11 is 0. The molecule has 1 fully saturated rings. The van der Waals surface area contributed by atoms with Crippen molar-refractivity contribution in [1.82, 2.24) is 10.2 Å². The van der Waals surface area contributed by atoms with E-state index in [0.717, 1.165) is 43.4 Å². The number of carbonyl (C=O) groups is 1. The Morgan fingerprint density at radius 3 is 2.37 bits per heavy atom. The van der Waals surface area contributed by atoms with Crippen molar-refractivity contribution in [3.63, 3.8) is 0 Å². The van der Waals surface area contributed by atoms with Crippen molar-refractivity contribution in [2.45, 2.75) is 118 Å². The van der Waals surface area contributed by atoms with Crippen molar-refractivity contribution in [1.29, 1.82) is 5.26 Å². The van der Waals surface area contributed by atoms with E-state index in [9.17, 15) is 18.0 Å². The third kappa shape index (κ3) is 11.8. The van der Waals surface area contributed by atoms with Crippen LogP contribution in [-0.4, -0.2) is 47.7 Å². The van der Waals surface area contributed by atoms with E-state index in [0.29, 0.717) is 30.6 Å². The van der Waals surface area contributed by atoms with Gasteiger partial charge in [0.1, 0.15) is 0 Å². The summed E-state index contributed by atoms with van der Waals surface area (Å²) in [4.78, 5) is 19.6. The number of nitrogens with zero attached hydrogens (tertiary/aromatic N) is 3. The van der Waals surface area contributed by atoms with Crippen LogP contribution in [0.4, 0.5) is 18.0 Å². The Bertz CT molecular complexity index is 1540. The molecular formula is C38H50BF3N4O3. The predicted octanol–water partition coefficient (Wildman–Crippen LogP) is 8.87. The van der Waals surface area contributed by atoms with Gasteiger partial charge >= 0.3 is 229 Å². The standard InChI is InChI=1S/C38H50BF3N4O3/c1-8-11-13-27-15-17-28(18-16-27)19-20-29-21-22-30(24-31(29)38(40,41)42)32(10-3)44-34(26(4)9-2)33-14-12-23-46(33)35(39-48-25-43)45-36(47)49-37(5,6)7/h10,15-18,21-22,24,26,33H,8-9,11-14,19-20,23H2,1-7H3,(H,45,47)/b32-10-,44-34?. The number of likely N-dealkylation sites (tertiary alicyclic amines) is 1. The third-order valence-corrected chi connectivity index (χ3v) is 8.63. The molecule has 1 N–H and O–H groups in total. The molecule has 3 rings (SSSR count). The number of hydrogen-bond donors (Lipinski definition) is 1. The molecule has 0 saturated carbocycles. The third-order valence-electron chi connectivity index (χ3n) is 8.63. The van der Waals surface area contributed by atoms with Crippen LogP contribution >= 0.6 is 0 Å². The molecule has 11 heteroatoms. The van der Waals surface area contributed by atoms with Crippen molar-refractivity contribution in [2.24, 2.45) is 10.9 Å². The first-order valence-electron chi connectivity index (χ1n) is 17.2. The molecular weight excluding hydrogens is 628 g/mol. The number of halogens is 3. The summed E-state index contributed by atoms with van der Waals surface area (Å²) in [6, 6.07) is 12.4. The van der Waals surface area contributed by atoms with Crippen LogP contribution in [0.15, 0.2) is 53.5 Å². The van der Waals surface area contributed by atoms with Crippen molar-refractivity contribution < 1.29 is 27.4 Å². The summed E-state index contributed by atoms with van der Waals surface area (Å²) in [6.45, 7) is 13.7. The van der Waals surface area contributed by atoms with Crippen molar-refractivity contribution in [3.05, 3.63) is 76.4 Å². The second-order valence-corrected chi connectivity index (χ2v) is 13.5. The van der Waals surface area contributed by atoms with Crippen LogP contribution in [0, 0.1) is 17.4 Å². The molecule has 1 aliphatic rings. The fourth-order valence-electron chi connectivity index (χ4n) is 5.93. The summed E-state index contributed by atoms with van der Waals surface area (Å²) < 4.78 is 53.8. The van der Waals surface area contributed by atoms with E-state index in [1.807, 2.05) is 30.9 Å². The zero-order valence-electron chi connectivity index (χ0n) is 29.9. The second kappa shape index (κ2) is 18.1. The first-order valence-corrected chi connectivity index (χ1v) is 17.2. The number of allylic oxidation sites excluding steroid dienone is 1. The molecule has 7 nitrogen and oxygen atoms in total. The van der Waals surface area contributed by atoms with E-state index in [1.165, 1.54) is 18.8 Å². The number of unbranched alkanes of at least 4 members (excludes halogenated alkanes) is 1. The number of aryl methyl sites for hydroxylation is 3. The zero-order valence-corrected chi connectivity index (χ0v) is 29.9. The van der Waals surface area contributed by atoms with Crippen LogP contribution in [0.2, 0.25) is 0 Å². The number of rotatable bonds is 14. The van der Waals surface area contributed by atoms with Crippen LogP contribution in [0.25, 0.3) is 5.70 Å². The number of alkyl halides is 3. The minimum atomic E-state index is -4.53. The number of hydrogen-bond acceptors (Lipinski definition) is 6. The zero-order chi connectivity index (χ0) is 36.2. The van der Waals surface area contributed by atoms with Gasteiger partial charge in [0.25, 0.3) is 0 Å². The van der Waals surface area contributed by atoms with Gasteiger partial charge in [-0.1, -0.05) is 37.6 Å². The molecule has 2 aromatic rings. The maximum atomic E-state index is 14.5. The van der Waals surface area contributed by atoms with Gasteiger partial charge in [0.05, 0.1) is 0 Å². The van der Waals surface area contributed by atoms with Gasteiger partial charge in [-0.25, -0.2) is 0 Å². The SMILES string of the molecule is C/C=C(\N=C(C(C)CC)C1CCCN1C(=BOC#N)NC(=O)OC(C)(C)C)c1ccc(CCc2ccc(CCCC)cc2)c(C(F)(F)F)c1. The molecule has 49 heavy (non-hydrogen) atoms. The molecule has 1 saturated heterocycles. The Kier molecular flexibility index (Phi) is 14.5. The molecule has 0 bridgehead atoms. The van der Waals surface area contributed by atoms with Crippen LogP contribution in [-0.2, 0) is 34.8 Å².